The molecule has 1 N–H and O–H groups in total. The molecule has 0 spiro atoms. The van der Waals surface area contributed by atoms with Crippen LogP contribution in [0.1, 0.15) is 31.4 Å². The van der Waals surface area contributed by atoms with E-state index in [0.717, 1.165) is 43.7 Å². The van der Waals surface area contributed by atoms with Crippen LogP contribution >= 0.6 is 0 Å². The number of carbonyl (C=O) groups excluding carboxylic acids is 1. The number of aromatic nitrogens is 2. The molecule has 4 rings (SSSR count). The molecule has 130 valence electrons. The highest BCUT2D eigenvalue weighted by Gasteiger charge is 2.57. The second-order valence-electron chi connectivity index (χ2n) is 7.54. The predicted molar refractivity (Wildman–Crippen MR) is 87.7 cm³/mol. The van der Waals surface area contributed by atoms with Gasteiger partial charge in [-0.25, -0.2) is 0 Å². The van der Waals surface area contributed by atoms with Crippen molar-refractivity contribution in [3.8, 4) is 0 Å². The van der Waals surface area contributed by atoms with Crippen LogP contribution in [-0.2, 0) is 16.6 Å². The molecule has 0 aromatic carbocycles. The van der Waals surface area contributed by atoms with Crippen molar-refractivity contribution in [2.45, 2.75) is 38.6 Å². The molecule has 3 fully saturated rings. The van der Waals surface area contributed by atoms with Gasteiger partial charge in [0.15, 0.2) is 0 Å². The largest absolute Gasteiger partial charge is 0.481 e. The van der Waals surface area contributed by atoms with E-state index in [1.807, 2.05) is 20.0 Å². The Labute approximate surface area is 141 Å². The number of aliphatic carboxylic acids is 1. The standard InChI is InChI=1S/C17H24N4O3/c1-11-8-14(19(2)18-11)21-7-5-13(15(21)22)20-9-12-4-3-6-17(12,10-20)16(23)24/h8,12-13H,3-7,9-10H2,1-2H3,(H,23,24)/t12-,13?,17+/m0/s1. The molecule has 1 aliphatic carbocycles. The fraction of sp³-hybridized carbons (Fsp3) is 0.706. The summed E-state index contributed by atoms with van der Waals surface area (Å²) in [6, 6.07) is 1.74. The maximum absolute atomic E-state index is 12.9. The minimum atomic E-state index is -0.683. The zero-order chi connectivity index (χ0) is 17.1. The van der Waals surface area contributed by atoms with Crippen molar-refractivity contribution in [3.05, 3.63) is 11.8 Å². The summed E-state index contributed by atoms with van der Waals surface area (Å²) in [6.07, 6.45) is 3.46. The van der Waals surface area contributed by atoms with E-state index in [0.29, 0.717) is 13.1 Å². The lowest BCUT2D eigenvalue weighted by Gasteiger charge is -2.26. The van der Waals surface area contributed by atoms with E-state index in [4.69, 9.17) is 0 Å². The molecule has 1 unspecified atom stereocenters. The number of likely N-dealkylation sites (tertiary alicyclic amines) is 1. The number of carboxylic acid groups (broad SMARTS) is 1. The highest BCUT2D eigenvalue weighted by molar-refractivity contribution is 5.99. The fourth-order valence-electron chi connectivity index (χ4n) is 5.00. The molecule has 1 aromatic rings. The number of anilines is 1. The topological polar surface area (TPSA) is 78.7 Å². The second-order valence-corrected chi connectivity index (χ2v) is 7.54. The van der Waals surface area contributed by atoms with Crippen LogP contribution in [-0.4, -0.2) is 57.3 Å². The molecule has 7 nitrogen and oxygen atoms in total. The van der Waals surface area contributed by atoms with Crippen molar-refractivity contribution in [1.29, 1.82) is 0 Å². The van der Waals surface area contributed by atoms with Crippen molar-refractivity contribution in [3.63, 3.8) is 0 Å². The Bertz CT molecular complexity index is 700. The molecule has 1 amide bonds. The molecule has 3 atom stereocenters. The van der Waals surface area contributed by atoms with Crippen molar-refractivity contribution < 1.29 is 14.7 Å². The summed E-state index contributed by atoms with van der Waals surface area (Å²) in [4.78, 5) is 28.7. The number of aryl methyl sites for hydroxylation is 2. The van der Waals surface area contributed by atoms with E-state index >= 15 is 0 Å². The first kappa shape index (κ1) is 15.6. The van der Waals surface area contributed by atoms with Gasteiger partial charge in [0.2, 0.25) is 5.91 Å². The quantitative estimate of drug-likeness (QED) is 0.894. The summed E-state index contributed by atoms with van der Waals surface area (Å²) >= 11 is 0. The summed E-state index contributed by atoms with van der Waals surface area (Å²) in [6.45, 7) is 3.84. The number of nitrogens with zero attached hydrogens (tertiary/aromatic N) is 4. The monoisotopic (exact) mass is 332 g/mol. The van der Waals surface area contributed by atoms with E-state index in [1.54, 1.807) is 9.58 Å². The lowest BCUT2D eigenvalue weighted by molar-refractivity contribution is -0.149. The third-order valence-corrected chi connectivity index (χ3v) is 6.19. The van der Waals surface area contributed by atoms with Crippen LogP contribution < -0.4 is 4.90 Å². The highest BCUT2D eigenvalue weighted by Crippen LogP contribution is 2.50. The molecule has 3 aliphatic rings. The summed E-state index contributed by atoms with van der Waals surface area (Å²) in [5.41, 5.74) is 0.265. The third kappa shape index (κ3) is 2.10. The number of hydrogen-bond donors (Lipinski definition) is 1. The lowest BCUT2D eigenvalue weighted by atomic mass is 9.81. The smallest absolute Gasteiger partial charge is 0.311 e. The van der Waals surface area contributed by atoms with Crippen LogP contribution in [0.5, 0.6) is 0 Å². The van der Waals surface area contributed by atoms with Crippen molar-refractivity contribution in [2.75, 3.05) is 24.5 Å². The Hall–Kier alpha value is -1.89. The van der Waals surface area contributed by atoms with Gasteiger partial charge in [0.05, 0.1) is 17.2 Å². The average molecular weight is 332 g/mol. The van der Waals surface area contributed by atoms with Gasteiger partial charge in [-0.1, -0.05) is 6.42 Å². The summed E-state index contributed by atoms with van der Waals surface area (Å²) < 4.78 is 1.74. The first-order valence-corrected chi connectivity index (χ1v) is 8.72. The summed E-state index contributed by atoms with van der Waals surface area (Å²) in [5, 5.41) is 14.1. The van der Waals surface area contributed by atoms with Gasteiger partial charge in [0.25, 0.3) is 0 Å². The molecule has 24 heavy (non-hydrogen) atoms. The van der Waals surface area contributed by atoms with Crippen LogP contribution in [0.2, 0.25) is 0 Å². The van der Waals surface area contributed by atoms with Gasteiger partial charge in [0.1, 0.15) is 5.82 Å². The Kier molecular flexibility index (Phi) is 3.46. The van der Waals surface area contributed by atoms with Gasteiger partial charge >= 0.3 is 5.97 Å². The number of carbonyl (C=O) groups is 2. The molecule has 7 heteroatoms. The van der Waals surface area contributed by atoms with E-state index in [-0.39, 0.29) is 17.9 Å². The maximum atomic E-state index is 12.9. The number of fused-ring (bicyclic) bond motifs is 1. The number of carboxylic acids is 1. The first-order valence-electron chi connectivity index (χ1n) is 8.72. The molecule has 3 heterocycles. The number of hydrogen-bond acceptors (Lipinski definition) is 4. The van der Waals surface area contributed by atoms with Crippen molar-refractivity contribution in [2.24, 2.45) is 18.4 Å². The normalized spacial score (nSPS) is 33.4. The molecular formula is C17H24N4O3. The van der Waals surface area contributed by atoms with Gasteiger partial charge in [-0.3, -0.25) is 24.1 Å². The van der Waals surface area contributed by atoms with Crippen molar-refractivity contribution >= 4 is 17.7 Å². The van der Waals surface area contributed by atoms with E-state index in [1.165, 1.54) is 0 Å². The molecule has 2 aliphatic heterocycles. The Morgan fingerprint density at radius 3 is 2.83 bits per heavy atom. The number of amides is 1. The minimum absolute atomic E-state index is 0.0820. The van der Waals surface area contributed by atoms with E-state index < -0.39 is 11.4 Å². The zero-order valence-electron chi connectivity index (χ0n) is 14.2. The van der Waals surface area contributed by atoms with Crippen LogP contribution in [0.15, 0.2) is 6.07 Å². The lowest BCUT2D eigenvalue weighted by Crippen LogP contribution is -2.43. The van der Waals surface area contributed by atoms with Crippen molar-refractivity contribution in [1.82, 2.24) is 14.7 Å². The molecular weight excluding hydrogens is 308 g/mol. The molecule has 1 aromatic heterocycles. The van der Waals surface area contributed by atoms with Gasteiger partial charge in [-0.15, -0.1) is 0 Å². The van der Waals surface area contributed by atoms with Gasteiger partial charge in [-0.05, 0) is 32.1 Å². The average Bonchev–Trinajstić information content (AvgIpc) is 3.21. The summed E-state index contributed by atoms with van der Waals surface area (Å²) in [7, 11) is 1.85. The molecule has 1 saturated carbocycles. The fourth-order valence-corrected chi connectivity index (χ4v) is 5.00. The zero-order valence-corrected chi connectivity index (χ0v) is 14.2. The Morgan fingerprint density at radius 1 is 1.42 bits per heavy atom. The van der Waals surface area contributed by atoms with E-state index in [9.17, 15) is 14.7 Å². The van der Waals surface area contributed by atoms with Gasteiger partial charge in [0, 0.05) is 32.7 Å². The summed E-state index contributed by atoms with van der Waals surface area (Å²) in [5.74, 6) is 0.415. The minimum Gasteiger partial charge on any atom is -0.481 e. The molecule has 0 bridgehead atoms. The Morgan fingerprint density at radius 2 is 2.21 bits per heavy atom. The maximum Gasteiger partial charge on any atom is 0.311 e. The van der Waals surface area contributed by atoms with Gasteiger partial charge < -0.3 is 5.11 Å². The Balaban J connectivity index is 1.54. The third-order valence-electron chi connectivity index (χ3n) is 6.19. The van der Waals surface area contributed by atoms with Gasteiger partial charge in [-0.2, -0.15) is 5.10 Å². The SMILES string of the molecule is Cc1cc(N2CCC(N3C[C@@H]4CCC[C@@]4(C(=O)O)C3)C2=O)n(C)n1. The van der Waals surface area contributed by atoms with E-state index in [2.05, 4.69) is 10.00 Å². The van der Waals surface area contributed by atoms with Crippen LogP contribution in [0.3, 0.4) is 0 Å². The highest BCUT2D eigenvalue weighted by atomic mass is 16.4. The van der Waals surface area contributed by atoms with Crippen LogP contribution in [0.25, 0.3) is 0 Å². The molecule has 2 saturated heterocycles. The predicted octanol–water partition coefficient (Wildman–Crippen LogP) is 1.02. The second kappa shape index (κ2) is 5.31. The first-order chi connectivity index (χ1) is 11.4. The van der Waals surface area contributed by atoms with Crippen LogP contribution in [0, 0.1) is 18.3 Å². The number of rotatable bonds is 3. The molecule has 0 radical (unpaired) electrons. The van der Waals surface area contributed by atoms with Crippen LogP contribution in [0.4, 0.5) is 5.82 Å².